The van der Waals surface area contributed by atoms with E-state index in [1.807, 2.05) is 18.2 Å². The number of cyclic esters (lactones) is 1. The Balaban J connectivity index is 1.37. The average Bonchev–Trinajstić information content (AvgIpc) is 3.23. The third-order valence-corrected chi connectivity index (χ3v) is 5.97. The van der Waals surface area contributed by atoms with Crippen LogP contribution in [0.3, 0.4) is 0 Å². The van der Waals surface area contributed by atoms with Gasteiger partial charge in [0.2, 0.25) is 5.91 Å². The van der Waals surface area contributed by atoms with E-state index in [4.69, 9.17) is 4.74 Å². The van der Waals surface area contributed by atoms with Gasteiger partial charge in [-0.05, 0) is 50.0 Å². The van der Waals surface area contributed by atoms with Gasteiger partial charge in [0.1, 0.15) is 6.10 Å². The molecule has 4 rings (SSSR count). The zero-order chi connectivity index (χ0) is 16.0. The SMILES string of the molecule is CC(NC(=O)CC1OC(=O)c2ccccc21)C1CC2CCC1C2. The molecule has 0 radical (unpaired) electrons. The van der Waals surface area contributed by atoms with Gasteiger partial charge in [0, 0.05) is 11.6 Å². The van der Waals surface area contributed by atoms with Gasteiger partial charge in [-0.25, -0.2) is 4.79 Å². The van der Waals surface area contributed by atoms with Crippen LogP contribution in [0.2, 0.25) is 0 Å². The van der Waals surface area contributed by atoms with Crippen molar-refractivity contribution in [2.45, 2.75) is 51.2 Å². The molecular formula is C19H23NO3. The molecule has 5 atom stereocenters. The smallest absolute Gasteiger partial charge is 0.339 e. The number of fused-ring (bicyclic) bond motifs is 3. The van der Waals surface area contributed by atoms with Crippen molar-refractivity contribution >= 4 is 11.9 Å². The van der Waals surface area contributed by atoms with Crippen LogP contribution >= 0.6 is 0 Å². The summed E-state index contributed by atoms with van der Waals surface area (Å²) in [5.41, 5.74) is 1.42. The molecule has 0 spiro atoms. The summed E-state index contributed by atoms with van der Waals surface area (Å²) >= 11 is 0. The van der Waals surface area contributed by atoms with E-state index in [0.717, 1.165) is 17.4 Å². The van der Waals surface area contributed by atoms with Crippen LogP contribution in [0.5, 0.6) is 0 Å². The highest BCUT2D eigenvalue weighted by Gasteiger charge is 2.42. The van der Waals surface area contributed by atoms with Crippen molar-refractivity contribution in [3.05, 3.63) is 35.4 Å². The molecule has 122 valence electrons. The highest BCUT2D eigenvalue weighted by molar-refractivity contribution is 5.94. The maximum absolute atomic E-state index is 12.4. The van der Waals surface area contributed by atoms with E-state index in [1.54, 1.807) is 6.07 Å². The summed E-state index contributed by atoms with van der Waals surface area (Å²) in [6.07, 6.45) is 5.07. The van der Waals surface area contributed by atoms with Crippen molar-refractivity contribution in [1.82, 2.24) is 5.32 Å². The lowest BCUT2D eigenvalue weighted by Crippen LogP contribution is -2.40. The summed E-state index contributed by atoms with van der Waals surface area (Å²) < 4.78 is 5.36. The third kappa shape index (κ3) is 2.64. The molecule has 2 aliphatic carbocycles. The molecule has 4 nitrogen and oxygen atoms in total. The number of rotatable bonds is 4. The number of nitrogens with one attached hydrogen (secondary N) is 1. The highest BCUT2D eigenvalue weighted by atomic mass is 16.5. The van der Waals surface area contributed by atoms with E-state index >= 15 is 0 Å². The van der Waals surface area contributed by atoms with Gasteiger partial charge in [-0.15, -0.1) is 0 Å². The fourth-order valence-corrected chi connectivity index (χ4v) is 4.87. The van der Waals surface area contributed by atoms with Gasteiger partial charge in [-0.1, -0.05) is 24.6 Å². The molecule has 2 fully saturated rings. The molecule has 1 N–H and O–H groups in total. The zero-order valence-electron chi connectivity index (χ0n) is 13.5. The second-order valence-electron chi connectivity index (χ2n) is 7.38. The van der Waals surface area contributed by atoms with Crippen LogP contribution in [-0.4, -0.2) is 17.9 Å². The molecule has 2 bridgehead atoms. The van der Waals surface area contributed by atoms with E-state index in [9.17, 15) is 9.59 Å². The van der Waals surface area contributed by atoms with Gasteiger partial charge in [-0.3, -0.25) is 4.79 Å². The first-order valence-electron chi connectivity index (χ1n) is 8.71. The van der Waals surface area contributed by atoms with Crippen LogP contribution in [0, 0.1) is 17.8 Å². The normalized spacial score (nSPS) is 32.5. The monoisotopic (exact) mass is 313 g/mol. The Hall–Kier alpha value is -1.84. The van der Waals surface area contributed by atoms with E-state index in [-0.39, 0.29) is 24.3 Å². The second-order valence-corrected chi connectivity index (χ2v) is 7.38. The summed E-state index contributed by atoms with van der Waals surface area (Å²) in [6, 6.07) is 7.54. The summed E-state index contributed by atoms with van der Waals surface area (Å²) in [4.78, 5) is 24.2. The predicted molar refractivity (Wildman–Crippen MR) is 85.8 cm³/mol. The number of benzene rings is 1. The van der Waals surface area contributed by atoms with E-state index in [2.05, 4.69) is 12.2 Å². The Morgan fingerprint density at radius 1 is 1.30 bits per heavy atom. The third-order valence-electron chi connectivity index (χ3n) is 5.97. The average molecular weight is 313 g/mol. The van der Waals surface area contributed by atoms with Crippen molar-refractivity contribution < 1.29 is 14.3 Å². The number of carbonyl (C=O) groups excluding carboxylic acids is 2. The van der Waals surface area contributed by atoms with Crippen LogP contribution in [0.25, 0.3) is 0 Å². The molecule has 3 aliphatic rings. The molecule has 2 saturated carbocycles. The van der Waals surface area contributed by atoms with Crippen LogP contribution in [0.15, 0.2) is 24.3 Å². The molecule has 1 amide bonds. The molecule has 0 aromatic heterocycles. The number of hydrogen-bond donors (Lipinski definition) is 1. The minimum atomic E-state index is -0.439. The Kier molecular flexibility index (Phi) is 3.63. The van der Waals surface area contributed by atoms with Gasteiger partial charge in [-0.2, -0.15) is 0 Å². The lowest BCUT2D eigenvalue weighted by atomic mass is 9.84. The summed E-state index contributed by atoms with van der Waals surface area (Å²) in [6.45, 7) is 2.12. The Morgan fingerprint density at radius 2 is 2.13 bits per heavy atom. The van der Waals surface area contributed by atoms with E-state index in [0.29, 0.717) is 11.5 Å². The Bertz CT molecular complexity index is 641. The number of ether oxygens (including phenoxy) is 1. The highest BCUT2D eigenvalue weighted by Crippen LogP contribution is 2.49. The largest absolute Gasteiger partial charge is 0.453 e. The van der Waals surface area contributed by atoms with Crippen LogP contribution in [0.1, 0.15) is 61.1 Å². The molecule has 1 aromatic rings. The number of hydrogen-bond acceptors (Lipinski definition) is 3. The van der Waals surface area contributed by atoms with Crippen LogP contribution in [0.4, 0.5) is 0 Å². The van der Waals surface area contributed by atoms with Crippen LogP contribution < -0.4 is 5.32 Å². The first-order valence-corrected chi connectivity index (χ1v) is 8.71. The Morgan fingerprint density at radius 3 is 2.87 bits per heavy atom. The fourth-order valence-electron chi connectivity index (χ4n) is 4.87. The molecule has 23 heavy (non-hydrogen) atoms. The van der Waals surface area contributed by atoms with Gasteiger partial charge in [0.15, 0.2) is 0 Å². The standard InChI is InChI=1S/C19H23NO3/c1-11(16-9-12-6-7-13(16)8-12)20-18(21)10-17-14-4-2-3-5-15(14)19(22)23-17/h2-5,11-13,16-17H,6-10H2,1H3,(H,20,21). The summed E-state index contributed by atoms with van der Waals surface area (Å²) in [5, 5.41) is 3.15. The minimum Gasteiger partial charge on any atom is -0.453 e. The zero-order valence-corrected chi connectivity index (χ0v) is 13.5. The predicted octanol–water partition coefficient (Wildman–Crippen LogP) is 3.23. The quantitative estimate of drug-likeness (QED) is 0.868. The van der Waals surface area contributed by atoms with Gasteiger partial charge in [0.05, 0.1) is 12.0 Å². The maximum atomic E-state index is 12.4. The minimum absolute atomic E-state index is 0.0187. The van der Waals surface area contributed by atoms with E-state index in [1.165, 1.54) is 25.7 Å². The van der Waals surface area contributed by atoms with Crippen molar-refractivity contribution in [2.24, 2.45) is 17.8 Å². The topological polar surface area (TPSA) is 55.4 Å². The molecule has 1 aromatic carbocycles. The molecular weight excluding hydrogens is 290 g/mol. The molecule has 1 aliphatic heterocycles. The van der Waals surface area contributed by atoms with Gasteiger partial charge < -0.3 is 10.1 Å². The first kappa shape index (κ1) is 14.7. The van der Waals surface area contributed by atoms with Crippen molar-refractivity contribution in [3.63, 3.8) is 0 Å². The molecule has 1 heterocycles. The lowest BCUT2D eigenvalue weighted by molar-refractivity contribution is -0.124. The summed E-state index contributed by atoms with van der Waals surface area (Å²) in [5.74, 6) is 1.96. The molecule has 4 heteroatoms. The summed E-state index contributed by atoms with van der Waals surface area (Å²) in [7, 11) is 0. The molecule has 0 saturated heterocycles. The Labute approximate surface area is 136 Å². The van der Waals surface area contributed by atoms with Gasteiger partial charge >= 0.3 is 5.97 Å². The maximum Gasteiger partial charge on any atom is 0.339 e. The fraction of sp³-hybridized carbons (Fsp3) is 0.579. The lowest BCUT2D eigenvalue weighted by Gasteiger charge is -2.28. The number of carbonyl (C=O) groups is 2. The van der Waals surface area contributed by atoms with Crippen molar-refractivity contribution in [1.29, 1.82) is 0 Å². The van der Waals surface area contributed by atoms with Crippen molar-refractivity contribution in [3.8, 4) is 0 Å². The second kappa shape index (κ2) is 5.66. The number of amides is 1. The molecule has 5 unspecified atom stereocenters. The number of esters is 1. The van der Waals surface area contributed by atoms with Crippen molar-refractivity contribution in [2.75, 3.05) is 0 Å². The van der Waals surface area contributed by atoms with E-state index < -0.39 is 6.10 Å². The van der Waals surface area contributed by atoms with Gasteiger partial charge in [0.25, 0.3) is 0 Å². The first-order chi connectivity index (χ1) is 11.1. The van der Waals surface area contributed by atoms with Crippen LogP contribution in [-0.2, 0) is 9.53 Å².